The Morgan fingerprint density at radius 1 is 1.08 bits per heavy atom. The van der Waals surface area contributed by atoms with Crippen LogP contribution in [0.2, 0.25) is 0 Å². The molecule has 0 N–H and O–H groups in total. The molecule has 0 unspecified atom stereocenters. The van der Waals surface area contributed by atoms with Crippen LogP contribution in [0, 0.1) is 0 Å². The molecule has 0 heterocycles. The summed E-state index contributed by atoms with van der Waals surface area (Å²) in [6.07, 6.45) is 8.01. The second-order valence-corrected chi connectivity index (χ2v) is 2.86. The van der Waals surface area contributed by atoms with Gasteiger partial charge in [0.05, 0.1) is 0 Å². The number of hydrogen-bond acceptors (Lipinski definition) is 3. The number of allylic oxidation sites excluding steroid dienone is 2. The zero-order valence-corrected chi connectivity index (χ0v) is 8.29. The van der Waals surface area contributed by atoms with Crippen molar-refractivity contribution in [3.8, 4) is 0 Å². The molecule has 0 aliphatic carbocycles. The lowest BCUT2D eigenvalue weighted by Crippen LogP contribution is -1.69. The lowest BCUT2D eigenvalue weighted by Gasteiger charge is -1.80. The third-order valence-electron chi connectivity index (χ3n) is 0.958. The average molecular weight is 189 g/mol. The molecule has 0 aromatic carbocycles. The van der Waals surface area contributed by atoms with Crippen molar-refractivity contribution in [3.05, 3.63) is 24.7 Å². The maximum Gasteiger partial charge on any atom is 0.804 e. The third-order valence-corrected chi connectivity index (χ3v) is 1.55. The topological polar surface area (TPSA) is 35.5 Å². The molecule has 0 fully saturated rings. The van der Waals surface area contributed by atoms with Crippen LogP contribution >= 0.6 is 8.25 Å². The molecule has 0 aromatic rings. The molecule has 3 nitrogen and oxygen atoms in total. The summed E-state index contributed by atoms with van der Waals surface area (Å²) >= 11 is 0. The molecule has 12 heavy (non-hydrogen) atoms. The smallest absolute Gasteiger partial charge is 0.231 e. The minimum atomic E-state index is -2.03. The van der Waals surface area contributed by atoms with Crippen LogP contribution in [-0.2, 0) is 13.6 Å². The van der Waals surface area contributed by atoms with Gasteiger partial charge in [-0.15, -0.1) is 0 Å². The third kappa shape index (κ3) is 7.29. The van der Waals surface area contributed by atoms with Gasteiger partial charge in [0.2, 0.25) is 0 Å². The number of hydrogen-bond donors (Lipinski definition) is 0. The maximum atomic E-state index is 10.8. The minimum absolute atomic E-state index is 0.855. The van der Waals surface area contributed by atoms with Gasteiger partial charge < -0.3 is 0 Å². The standard InChI is InChI=1S/C8H14O3P/c1-3-5-7-10-12(9)11-8-6-4-2/h5-8H,3-4H2,1-2H3/q+1/b7-5+,8-6+. The highest BCUT2D eigenvalue weighted by molar-refractivity contribution is 7.33. The second kappa shape index (κ2) is 8.28. The van der Waals surface area contributed by atoms with Gasteiger partial charge in [-0.3, -0.25) is 0 Å². The Hall–Kier alpha value is -0.820. The maximum absolute atomic E-state index is 10.8. The first-order chi connectivity index (χ1) is 5.81. The highest BCUT2D eigenvalue weighted by Crippen LogP contribution is 2.24. The molecule has 0 radical (unpaired) electrons. The molecule has 0 aliphatic heterocycles. The zero-order valence-electron chi connectivity index (χ0n) is 7.40. The molecule has 0 rings (SSSR count). The van der Waals surface area contributed by atoms with E-state index in [0.717, 1.165) is 12.8 Å². The molecule has 0 aliphatic rings. The first-order valence-corrected chi connectivity index (χ1v) is 5.01. The highest BCUT2D eigenvalue weighted by Gasteiger charge is 2.16. The van der Waals surface area contributed by atoms with Gasteiger partial charge in [0, 0.05) is 4.57 Å². The summed E-state index contributed by atoms with van der Waals surface area (Å²) in [7, 11) is -2.03. The fraction of sp³-hybridized carbons (Fsp3) is 0.500. The summed E-state index contributed by atoms with van der Waals surface area (Å²) in [4.78, 5) is 0. The minimum Gasteiger partial charge on any atom is -0.231 e. The van der Waals surface area contributed by atoms with Crippen LogP contribution in [0.3, 0.4) is 0 Å². The van der Waals surface area contributed by atoms with Crippen molar-refractivity contribution in [2.75, 3.05) is 0 Å². The predicted molar refractivity (Wildman–Crippen MR) is 48.6 cm³/mol. The molecule has 0 atom stereocenters. The van der Waals surface area contributed by atoms with Crippen molar-refractivity contribution < 1.29 is 13.6 Å². The van der Waals surface area contributed by atoms with Crippen molar-refractivity contribution >= 4 is 8.25 Å². The predicted octanol–water partition coefficient (Wildman–Crippen LogP) is 3.52. The van der Waals surface area contributed by atoms with Crippen molar-refractivity contribution in [3.63, 3.8) is 0 Å². The highest BCUT2D eigenvalue weighted by atomic mass is 31.1. The summed E-state index contributed by atoms with van der Waals surface area (Å²) in [5.41, 5.74) is 0. The Morgan fingerprint density at radius 2 is 1.50 bits per heavy atom. The fourth-order valence-corrected chi connectivity index (χ4v) is 0.823. The van der Waals surface area contributed by atoms with Crippen LogP contribution < -0.4 is 0 Å². The van der Waals surface area contributed by atoms with E-state index >= 15 is 0 Å². The van der Waals surface area contributed by atoms with Crippen LogP contribution in [0.1, 0.15) is 26.7 Å². The Labute approximate surface area is 74.0 Å². The van der Waals surface area contributed by atoms with Gasteiger partial charge in [0.1, 0.15) is 0 Å². The molecule has 0 spiro atoms. The van der Waals surface area contributed by atoms with Crippen molar-refractivity contribution in [2.24, 2.45) is 0 Å². The van der Waals surface area contributed by atoms with E-state index in [2.05, 4.69) is 9.05 Å². The molecular weight excluding hydrogens is 175 g/mol. The van der Waals surface area contributed by atoms with E-state index in [9.17, 15) is 4.57 Å². The SMILES string of the molecule is CC/C=C/O[P+](=O)O/C=C/CC. The summed E-state index contributed by atoms with van der Waals surface area (Å²) in [6, 6.07) is 0. The van der Waals surface area contributed by atoms with Gasteiger partial charge in [0.25, 0.3) is 0 Å². The van der Waals surface area contributed by atoms with Crippen LogP contribution in [0.15, 0.2) is 24.7 Å². The van der Waals surface area contributed by atoms with E-state index in [0.29, 0.717) is 0 Å². The Morgan fingerprint density at radius 3 is 1.83 bits per heavy atom. The van der Waals surface area contributed by atoms with E-state index in [1.54, 1.807) is 12.2 Å². The summed E-state index contributed by atoms with van der Waals surface area (Å²) < 4.78 is 20.2. The van der Waals surface area contributed by atoms with Gasteiger partial charge in [-0.2, -0.15) is 0 Å². The summed E-state index contributed by atoms with van der Waals surface area (Å²) in [5, 5.41) is 0. The summed E-state index contributed by atoms with van der Waals surface area (Å²) in [6.45, 7) is 3.93. The fourth-order valence-electron chi connectivity index (χ4n) is 0.403. The molecule has 4 heteroatoms. The first kappa shape index (κ1) is 11.2. The molecule has 0 amide bonds. The summed E-state index contributed by atoms with van der Waals surface area (Å²) in [5.74, 6) is 0. The zero-order chi connectivity index (χ0) is 9.23. The van der Waals surface area contributed by atoms with E-state index in [4.69, 9.17) is 0 Å². The van der Waals surface area contributed by atoms with Gasteiger partial charge >= 0.3 is 8.25 Å². The monoisotopic (exact) mass is 189 g/mol. The normalized spacial score (nSPS) is 10.8. The van der Waals surface area contributed by atoms with Gasteiger partial charge in [0.15, 0.2) is 12.5 Å². The Kier molecular flexibility index (Phi) is 7.71. The lowest BCUT2D eigenvalue weighted by molar-refractivity contribution is 0.354. The quantitative estimate of drug-likeness (QED) is 0.473. The van der Waals surface area contributed by atoms with Crippen LogP contribution in [0.4, 0.5) is 0 Å². The average Bonchev–Trinajstić information content (AvgIpc) is 2.06. The van der Waals surface area contributed by atoms with Gasteiger partial charge in [-0.05, 0) is 25.0 Å². The van der Waals surface area contributed by atoms with Crippen LogP contribution in [0.5, 0.6) is 0 Å². The molecular formula is C8H14O3P+. The lowest BCUT2D eigenvalue weighted by atomic mass is 10.5. The molecule has 68 valence electrons. The van der Waals surface area contributed by atoms with E-state index in [1.165, 1.54) is 12.5 Å². The second-order valence-electron chi connectivity index (χ2n) is 1.99. The van der Waals surface area contributed by atoms with Crippen molar-refractivity contribution in [1.29, 1.82) is 0 Å². The van der Waals surface area contributed by atoms with Gasteiger partial charge in [-0.1, -0.05) is 13.8 Å². The van der Waals surface area contributed by atoms with Gasteiger partial charge in [-0.25, -0.2) is 9.05 Å². The first-order valence-electron chi connectivity index (χ1n) is 3.92. The Balaban J connectivity index is 3.46. The largest absolute Gasteiger partial charge is 0.804 e. The van der Waals surface area contributed by atoms with Crippen LogP contribution in [0.25, 0.3) is 0 Å². The van der Waals surface area contributed by atoms with E-state index < -0.39 is 8.25 Å². The van der Waals surface area contributed by atoms with E-state index in [-0.39, 0.29) is 0 Å². The van der Waals surface area contributed by atoms with Crippen LogP contribution in [-0.4, -0.2) is 0 Å². The molecule has 0 aromatic heterocycles. The van der Waals surface area contributed by atoms with Crippen molar-refractivity contribution in [2.45, 2.75) is 26.7 Å². The molecule has 0 saturated carbocycles. The molecule has 0 saturated heterocycles. The molecule has 0 bridgehead atoms. The van der Waals surface area contributed by atoms with Crippen molar-refractivity contribution in [1.82, 2.24) is 0 Å². The van der Waals surface area contributed by atoms with E-state index in [1.807, 2.05) is 13.8 Å². The Bertz CT molecular complexity index is 157. The number of rotatable bonds is 6.